The van der Waals surface area contributed by atoms with Crippen LogP contribution < -0.4 is 10.1 Å². The van der Waals surface area contributed by atoms with E-state index in [1.165, 1.54) is 6.07 Å². The predicted octanol–water partition coefficient (Wildman–Crippen LogP) is 3.19. The lowest BCUT2D eigenvalue weighted by atomic mass is 10.3. The van der Waals surface area contributed by atoms with Crippen molar-refractivity contribution in [1.29, 1.82) is 0 Å². The summed E-state index contributed by atoms with van der Waals surface area (Å²) in [5.41, 5.74) is 0.0823. The number of hydrogen-bond donors (Lipinski definition) is 1. The van der Waals surface area contributed by atoms with Crippen LogP contribution in [0.1, 0.15) is 6.92 Å². The van der Waals surface area contributed by atoms with Crippen molar-refractivity contribution in [2.75, 3.05) is 11.9 Å². The second kappa shape index (κ2) is 5.56. The van der Waals surface area contributed by atoms with Crippen molar-refractivity contribution in [3.05, 3.63) is 21.8 Å². The van der Waals surface area contributed by atoms with Crippen molar-refractivity contribution < 1.29 is 22.7 Å². The Hall–Kier alpha value is -0.990. The third-order valence-corrected chi connectivity index (χ3v) is 2.70. The molecule has 17 heavy (non-hydrogen) atoms. The van der Waals surface area contributed by atoms with Crippen LogP contribution in [0.4, 0.5) is 18.9 Å². The van der Waals surface area contributed by atoms with Crippen LogP contribution in [-0.4, -0.2) is 18.7 Å². The standard InChI is InChI=1S/C10H9F3INO2/c1-2-17-6-3-4-7(14)8(5-6)15-9(16)10(11,12)13/h3-5H,2H2,1H3,(H,15,16). The van der Waals surface area contributed by atoms with Crippen molar-refractivity contribution in [1.82, 2.24) is 0 Å². The SMILES string of the molecule is CCOc1ccc(I)c(NC(=O)C(F)(F)F)c1. The van der Waals surface area contributed by atoms with Crippen LogP contribution in [0.15, 0.2) is 18.2 Å². The average Bonchev–Trinajstić information content (AvgIpc) is 2.22. The second-order valence-electron chi connectivity index (χ2n) is 3.03. The van der Waals surface area contributed by atoms with E-state index in [1.807, 2.05) is 22.6 Å². The summed E-state index contributed by atoms with van der Waals surface area (Å²) in [4.78, 5) is 10.8. The first-order chi connectivity index (χ1) is 7.84. The molecule has 0 fully saturated rings. The topological polar surface area (TPSA) is 38.3 Å². The van der Waals surface area contributed by atoms with E-state index < -0.39 is 12.1 Å². The Balaban J connectivity index is 2.90. The van der Waals surface area contributed by atoms with Crippen LogP contribution in [0.25, 0.3) is 0 Å². The van der Waals surface area contributed by atoms with E-state index in [0.29, 0.717) is 15.9 Å². The molecule has 0 radical (unpaired) electrons. The number of alkyl halides is 3. The first kappa shape index (κ1) is 14.1. The van der Waals surface area contributed by atoms with Gasteiger partial charge in [-0.1, -0.05) is 0 Å². The van der Waals surface area contributed by atoms with Gasteiger partial charge in [-0.05, 0) is 41.6 Å². The molecule has 1 aromatic carbocycles. The maximum atomic E-state index is 12.1. The van der Waals surface area contributed by atoms with E-state index in [9.17, 15) is 18.0 Å². The van der Waals surface area contributed by atoms with E-state index in [2.05, 4.69) is 0 Å². The summed E-state index contributed by atoms with van der Waals surface area (Å²) in [7, 11) is 0. The largest absolute Gasteiger partial charge is 0.494 e. The van der Waals surface area contributed by atoms with Crippen molar-refractivity contribution in [2.45, 2.75) is 13.1 Å². The van der Waals surface area contributed by atoms with Crippen molar-refractivity contribution in [2.24, 2.45) is 0 Å². The molecule has 0 aromatic heterocycles. The Morgan fingerprint density at radius 3 is 2.65 bits per heavy atom. The molecule has 1 aromatic rings. The number of hydrogen-bond acceptors (Lipinski definition) is 2. The Morgan fingerprint density at radius 1 is 1.47 bits per heavy atom. The van der Waals surface area contributed by atoms with Crippen LogP contribution in [0.2, 0.25) is 0 Å². The van der Waals surface area contributed by atoms with Gasteiger partial charge in [-0.15, -0.1) is 0 Å². The van der Waals surface area contributed by atoms with Crippen LogP contribution in [0.5, 0.6) is 5.75 Å². The minimum Gasteiger partial charge on any atom is -0.494 e. The lowest BCUT2D eigenvalue weighted by molar-refractivity contribution is -0.167. The summed E-state index contributed by atoms with van der Waals surface area (Å²) < 4.78 is 41.8. The fraction of sp³-hybridized carbons (Fsp3) is 0.300. The third kappa shape index (κ3) is 4.06. The summed E-state index contributed by atoms with van der Waals surface area (Å²) in [5.74, 6) is -1.59. The van der Waals surface area contributed by atoms with Crippen LogP contribution in [0, 0.1) is 3.57 Å². The molecular formula is C10H9F3INO2. The number of amides is 1. The molecular weight excluding hydrogens is 350 g/mol. The fourth-order valence-corrected chi connectivity index (χ4v) is 1.52. The molecule has 0 saturated heterocycles. The zero-order chi connectivity index (χ0) is 13.1. The van der Waals surface area contributed by atoms with E-state index in [0.717, 1.165) is 0 Å². The molecule has 0 spiro atoms. The number of carbonyl (C=O) groups is 1. The lowest BCUT2D eigenvalue weighted by Gasteiger charge is -2.11. The first-order valence-corrected chi connectivity index (χ1v) is 5.73. The zero-order valence-electron chi connectivity index (χ0n) is 8.77. The smallest absolute Gasteiger partial charge is 0.471 e. The van der Waals surface area contributed by atoms with E-state index >= 15 is 0 Å². The van der Waals surface area contributed by atoms with Gasteiger partial charge in [0.25, 0.3) is 0 Å². The zero-order valence-corrected chi connectivity index (χ0v) is 10.9. The number of halogens is 4. The summed E-state index contributed by atoms with van der Waals surface area (Å²) in [6.07, 6.45) is -4.90. The maximum absolute atomic E-state index is 12.1. The van der Waals surface area contributed by atoms with Gasteiger partial charge in [0.15, 0.2) is 0 Å². The van der Waals surface area contributed by atoms with Gasteiger partial charge in [-0.2, -0.15) is 13.2 Å². The van der Waals surface area contributed by atoms with Gasteiger partial charge in [-0.3, -0.25) is 4.79 Å². The number of nitrogens with one attached hydrogen (secondary N) is 1. The summed E-state index contributed by atoms with van der Waals surface area (Å²) in [6.45, 7) is 2.15. The number of ether oxygens (including phenoxy) is 1. The van der Waals surface area contributed by atoms with Gasteiger partial charge in [0.05, 0.1) is 12.3 Å². The van der Waals surface area contributed by atoms with Gasteiger partial charge in [-0.25, -0.2) is 0 Å². The predicted molar refractivity (Wildman–Crippen MR) is 65.0 cm³/mol. The van der Waals surface area contributed by atoms with Crippen molar-refractivity contribution in [3.8, 4) is 5.75 Å². The second-order valence-corrected chi connectivity index (χ2v) is 4.19. The molecule has 7 heteroatoms. The van der Waals surface area contributed by atoms with E-state index in [1.54, 1.807) is 24.4 Å². The molecule has 0 unspecified atom stereocenters. The molecule has 0 aliphatic heterocycles. The molecule has 1 rings (SSSR count). The summed E-state index contributed by atoms with van der Waals surface area (Å²) in [5, 5.41) is 1.80. The number of rotatable bonds is 3. The Morgan fingerprint density at radius 2 is 2.12 bits per heavy atom. The molecule has 1 amide bonds. The highest BCUT2D eigenvalue weighted by Crippen LogP contribution is 2.26. The van der Waals surface area contributed by atoms with Gasteiger partial charge < -0.3 is 10.1 Å². The van der Waals surface area contributed by atoms with Gasteiger partial charge in [0.2, 0.25) is 0 Å². The summed E-state index contributed by atoms with van der Waals surface area (Å²) in [6, 6.07) is 4.54. The highest BCUT2D eigenvalue weighted by atomic mass is 127. The first-order valence-electron chi connectivity index (χ1n) is 4.65. The Bertz CT molecular complexity index is 421. The average molecular weight is 359 g/mol. The summed E-state index contributed by atoms with van der Waals surface area (Å²) >= 11 is 1.83. The maximum Gasteiger partial charge on any atom is 0.471 e. The number of anilines is 1. The van der Waals surface area contributed by atoms with Crippen molar-refractivity contribution >= 4 is 34.2 Å². The molecule has 0 aliphatic carbocycles. The minimum absolute atomic E-state index is 0.0823. The van der Waals surface area contributed by atoms with Crippen molar-refractivity contribution in [3.63, 3.8) is 0 Å². The van der Waals surface area contributed by atoms with Gasteiger partial charge in [0, 0.05) is 9.64 Å². The molecule has 1 N–H and O–H groups in total. The van der Waals surface area contributed by atoms with E-state index in [-0.39, 0.29) is 5.69 Å². The fourth-order valence-electron chi connectivity index (χ4n) is 1.05. The minimum atomic E-state index is -4.90. The van der Waals surface area contributed by atoms with Gasteiger partial charge >= 0.3 is 12.1 Å². The number of benzene rings is 1. The molecule has 0 atom stereocenters. The Labute approximate surface area is 109 Å². The van der Waals surface area contributed by atoms with Crippen LogP contribution in [-0.2, 0) is 4.79 Å². The molecule has 0 heterocycles. The quantitative estimate of drug-likeness (QED) is 0.842. The molecule has 0 saturated carbocycles. The molecule has 3 nitrogen and oxygen atoms in total. The van der Waals surface area contributed by atoms with E-state index in [4.69, 9.17) is 4.74 Å². The molecule has 0 aliphatic rings. The van der Waals surface area contributed by atoms with Crippen LogP contribution >= 0.6 is 22.6 Å². The third-order valence-electron chi connectivity index (χ3n) is 1.75. The highest BCUT2D eigenvalue weighted by molar-refractivity contribution is 14.1. The lowest BCUT2D eigenvalue weighted by Crippen LogP contribution is -2.30. The Kier molecular flexibility index (Phi) is 4.61. The normalized spacial score (nSPS) is 11.1. The monoisotopic (exact) mass is 359 g/mol. The van der Waals surface area contributed by atoms with Crippen LogP contribution in [0.3, 0.4) is 0 Å². The molecule has 0 bridgehead atoms. The molecule has 94 valence electrons. The number of carbonyl (C=O) groups excluding carboxylic acids is 1. The highest BCUT2D eigenvalue weighted by Gasteiger charge is 2.38. The van der Waals surface area contributed by atoms with Gasteiger partial charge in [0.1, 0.15) is 5.75 Å².